The molecular formula is C11H15ClN2OS. The van der Waals surface area contributed by atoms with Crippen LogP contribution in [0.2, 0.25) is 5.02 Å². The van der Waals surface area contributed by atoms with Gasteiger partial charge in [-0.2, -0.15) is 0 Å². The molecule has 1 rings (SSSR count). The van der Waals surface area contributed by atoms with Gasteiger partial charge in [0.1, 0.15) is 5.03 Å². The van der Waals surface area contributed by atoms with E-state index in [-0.39, 0.29) is 17.2 Å². The highest BCUT2D eigenvalue weighted by atomic mass is 35.5. The molecule has 0 aliphatic carbocycles. The molecule has 1 atom stereocenters. The Morgan fingerprint density at radius 3 is 2.75 bits per heavy atom. The number of carbonyl (C=O) groups excluding carboxylic acids is 1. The lowest BCUT2D eigenvalue weighted by Gasteiger charge is -2.14. The summed E-state index contributed by atoms with van der Waals surface area (Å²) in [6.45, 7) is 5.71. The Balaban J connectivity index is 2.61. The molecule has 0 radical (unpaired) electrons. The Hall–Kier alpha value is -0.740. The van der Waals surface area contributed by atoms with Crippen LogP contribution in [0.5, 0.6) is 0 Å². The Labute approximate surface area is 105 Å². The van der Waals surface area contributed by atoms with E-state index in [1.807, 2.05) is 20.8 Å². The molecule has 0 saturated heterocycles. The summed E-state index contributed by atoms with van der Waals surface area (Å²) in [4.78, 5) is 15.8. The monoisotopic (exact) mass is 258 g/mol. The highest BCUT2D eigenvalue weighted by Crippen LogP contribution is 2.27. The number of aromatic nitrogens is 1. The SMILES string of the molecule is CC(C)NC(=O)C(C)Sc1ncccc1Cl. The number of carbonyl (C=O) groups is 1. The molecule has 0 aliphatic rings. The Morgan fingerprint density at radius 2 is 2.19 bits per heavy atom. The smallest absolute Gasteiger partial charge is 0.233 e. The van der Waals surface area contributed by atoms with Gasteiger partial charge in [0.2, 0.25) is 5.91 Å². The van der Waals surface area contributed by atoms with Gasteiger partial charge in [0, 0.05) is 12.2 Å². The predicted octanol–water partition coefficient (Wildman–Crippen LogP) is 2.74. The fourth-order valence-corrected chi connectivity index (χ4v) is 2.15. The highest BCUT2D eigenvalue weighted by molar-refractivity contribution is 8.00. The van der Waals surface area contributed by atoms with Crippen molar-refractivity contribution in [3.8, 4) is 0 Å². The molecule has 0 bridgehead atoms. The molecule has 1 heterocycles. The standard InChI is InChI=1S/C11H15ClN2OS/c1-7(2)14-10(15)8(3)16-11-9(12)5-4-6-13-11/h4-8H,1-3H3,(H,14,15). The van der Waals surface area contributed by atoms with Crippen molar-refractivity contribution in [3.63, 3.8) is 0 Å². The molecule has 0 spiro atoms. The van der Waals surface area contributed by atoms with Crippen molar-refractivity contribution in [1.82, 2.24) is 10.3 Å². The van der Waals surface area contributed by atoms with Crippen molar-refractivity contribution in [1.29, 1.82) is 0 Å². The first-order valence-corrected chi connectivity index (χ1v) is 6.34. The lowest BCUT2D eigenvalue weighted by Crippen LogP contribution is -2.35. The van der Waals surface area contributed by atoms with Crippen LogP contribution >= 0.6 is 23.4 Å². The minimum absolute atomic E-state index is 0.00159. The summed E-state index contributed by atoms with van der Waals surface area (Å²) < 4.78 is 0. The van der Waals surface area contributed by atoms with Crippen molar-refractivity contribution in [2.45, 2.75) is 37.1 Å². The fraction of sp³-hybridized carbons (Fsp3) is 0.455. The number of nitrogens with one attached hydrogen (secondary N) is 1. The summed E-state index contributed by atoms with van der Waals surface area (Å²) >= 11 is 7.33. The lowest BCUT2D eigenvalue weighted by molar-refractivity contribution is -0.120. The number of amides is 1. The largest absolute Gasteiger partial charge is 0.353 e. The molecule has 1 aromatic heterocycles. The fourth-order valence-electron chi connectivity index (χ4n) is 1.08. The van der Waals surface area contributed by atoms with Crippen LogP contribution in [0.4, 0.5) is 0 Å². The van der Waals surface area contributed by atoms with Crippen LogP contribution in [-0.2, 0) is 4.79 Å². The van der Waals surface area contributed by atoms with Crippen molar-refractivity contribution in [3.05, 3.63) is 23.4 Å². The first kappa shape index (κ1) is 13.3. The molecule has 1 amide bonds. The molecule has 1 unspecified atom stereocenters. The lowest BCUT2D eigenvalue weighted by atomic mass is 10.3. The van der Waals surface area contributed by atoms with E-state index in [9.17, 15) is 4.79 Å². The van der Waals surface area contributed by atoms with Crippen LogP contribution in [0.25, 0.3) is 0 Å². The minimum Gasteiger partial charge on any atom is -0.353 e. The van der Waals surface area contributed by atoms with Gasteiger partial charge >= 0.3 is 0 Å². The molecule has 0 aromatic carbocycles. The zero-order valence-electron chi connectivity index (χ0n) is 9.53. The first-order chi connectivity index (χ1) is 7.50. The predicted molar refractivity (Wildman–Crippen MR) is 67.8 cm³/mol. The van der Waals surface area contributed by atoms with Crippen LogP contribution < -0.4 is 5.32 Å². The molecule has 1 aromatic rings. The average Bonchev–Trinajstić information content (AvgIpc) is 2.20. The summed E-state index contributed by atoms with van der Waals surface area (Å²) in [6, 6.07) is 3.68. The van der Waals surface area contributed by atoms with Crippen LogP contribution in [0.15, 0.2) is 23.4 Å². The summed E-state index contributed by atoms with van der Waals surface area (Å²) in [5, 5.41) is 3.92. The van der Waals surface area contributed by atoms with Crippen molar-refractivity contribution in [2.75, 3.05) is 0 Å². The Morgan fingerprint density at radius 1 is 1.50 bits per heavy atom. The highest BCUT2D eigenvalue weighted by Gasteiger charge is 2.16. The van der Waals surface area contributed by atoms with Gasteiger partial charge in [-0.1, -0.05) is 23.4 Å². The minimum atomic E-state index is -0.199. The third kappa shape index (κ3) is 4.02. The van der Waals surface area contributed by atoms with Crippen molar-refractivity contribution >= 4 is 29.3 Å². The van der Waals surface area contributed by atoms with Gasteiger partial charge in [-0.15, -0.1) is 0 Å². The number of pyridine rings is 1. The van der Waals surface area contributed by atoms with Gasteiger partial charge in [0.25, 0.3) is 0 Å². The normalized spacial score (nSPS) is 12.6. The van der Waals surface area contributed by atoms with Crippen LogP contribution in [0, 0.1) is 0 Å². The molecular weight excluding hydrogens is 244 g/mol. The molecule has 0 aliphatic heterocycles. The van der Waals surface area contributed by atoms with E-state index >= 15 is 0 Å². The number of nitrogens with zero attached hydrogens (tertiary/aromatic N) is 1. The summed E-state index contributed by atoms with van der Waals surface area (Å²) in [5.41, 5.74) is 0. The van der Waals surface area contributed by atoms with Gasteiger partial charge in [0.15, 0.2) is 0 Å². The van der Waals surface area contributed by atoms with Gasteiger partial charge in [-0.25, -0.2) is 4.98 Å². The topological polar surface area (TPSA) is 42.0 Å². The maximum Gasteiger partial charge on any atom is 0.233 e. The van der Waals surface area contributed by atoms with E-state index in [0.29, 0.717) is 10.0 Å². The second kappa shape index (κ2) is 6.11. The Kier molecular flexibility index (Phi) is 5.09. The molecule has 0 fully saturated rings. The second-order valence-electron chi connectivity index (χ2n) is 3.71. The maximum atomic E-state index is 11.7. The number of hydrogen-bond donors (Lipinski definition) is 1. The number of halogens is 1. The Bertz CT molecular complexity index is 371. The summed E-state index contributed by atoms with van der Waals surface area (Å²) in [5.74, 6) is 0.00159. The molecule has 3 nitrogen and oxygen atoms in total. The maximum absolute atomic E-state index is 11.7. The van der Waals surface area contributed by atoms with Crippen molar-refractivity contribution in [2.24, 2.45) is 0 Å². The van der Waals surface area contributed by atoms with E-state index in [4.69, 9.17) is 11.6 Å². The molecule has 88 valence electrons. The van der Waals surface area contributed by atoms with Crippen LogP contribution in [0.3, 0.4) is 0 Å². The molecule has 5 heteroatoms. The zero-order chi connectivity index (χ0) is 12.1. The first-order valence-electron chi connectivity index (χ1n) is 5.08. The molecule has 1 N–H and O–H groups in total. The third-order valence-corrected chi connectivity index (χ3v) is 3.35. The van der Waals surface area contributed by atoms with Gasteiger partial charge in [-0.05, 0) is 32.9 Å². The van der Waals surface area contributed by atoms with E-state index in [1.165, 1.54) is 11.8 Å². The third-order valence-electron chi connectivity index (χ3n) is 1.81. The average molecular weight is 259 g/mol. The van der Waals surface area contributed by atoms with E-state index < -0.39 is 0 Å². The van der Waals surface area contributed by atoms with Gasteiger partial charge in [-0.3, -0.25) is 4.79 Å². The van der Waals surface area contributed by atoms with Crippen LogP contribution in [-0.4, -0.2) is 22.2 Å². The van der Waals surface area contributed by atoms with Gasteiger partial charge < -0.3 is 5.32 Å². The summed E-state index contributed by atoms with van der Waals surface area (Å²) in [6.07, 6.45) is 1.67. The zero-order valence-corrected chi connectivity index (χ0v) is 11.1. The second-order valence-corrected chi connectivity index (χ2v) is 5.45. The summed E-state index contributed by atoms with van der Waals surface area (Å²) in [7, 11) is 0. The molecule has 16 heavy (non-hydrogen) atoms. The quantitative estimate of drug-likeness (QED) is 0.845. The van der Waals surface area contributed by atoms with E-state index in [1.54, 1.807) is 18.3 Å². The van der Waals surface area contributed by atoms with Crippen LogP contribution in [0.1, 0.15) is 20.8 Å². The van der Waals surface area contributed by atoms with Crippen molar-refractivity contribution < 1.29 is 4.79 Å². The number of thioether (sulfide) groups is 1. The number of hydrogen-bond acceptors (Lipinski definition) is 3. The molecule has 0 saturated carbocycles. The van der Waals surface area contributed by atoms with E-state index in [2.05, 4.69) is 10.3 Å². The number of rotatable bonds is 4. The van der Waals surface area contributed by atoms with E-state index in [0.717, 1.165) is 0 Å². The van der Waals surface area contributed by atoms with Gasteiger partial charge in [0.05, 0.1) is 10.3 Å².